The minimum atomic E-state index is 0.0661. The van der Waals surface area contributed by atoms with Crippen molar-refractivity contribution in [1.82, 2.24) is 14.5 Å². The molecule has 4 rings (SSSR count). The van der Waals surface area contributed by atoms with Crippen molar-refractivity contribution in [3.63, 3.8) is 0 Å². The normalized spacial score (nSPS) is 13.7. The molecule has 0 unspecified atom stereocenters. The minimum Gasteiger partial charge on any atom is -0.312 e. The van der Waals surface area contributed by atoms with E-state index in [1.165, 1.54) is 6.42 Å². The van der Waals surface area contributed by atoms with Crippen molar-refractivity contribution in [2.75, 3.05) is 26.2 Å². The van der Waals surface area contributed by atoms with Crippen LogP contribution in [0.3, 0.4) is 0 Å². The number of carbonyl (C=O) groups is 2. The van der Waals surface area contributed by atoms with Gasteiger partial charge in [0.1, 0.15) is 5.78 Å². The second-order valence-corrected chi connectivity index (χ2v) is 9.49. The van der Waals surface area contributed by atoms with Crippen LogP contribution in [0, 0.1) is 13.5 Å². The summed E-state index contributed by atoms with van der Waals surface area (Å²) in [6.45, 7) is 11.8. The van der Waals surface area contributed by atoms with Crippen LogP contribution < -0.4 is 0 Å². The molecule has 0 spiro atoms. The second kappa shape index (κ2) is 12.3. The highest BCUT2D eigenvalue weighted by atomic mass is 16.1. The van der Waals surface area contributed by atoms with Crippen molar-refractivity contribution in [3.8, 4) is 5.69 Å². The average Bonchev–Trinajstić information content (AvgIpc) is 3.21. The van der Waals surface area contributed by atoms with E-state index >= 15 is 0 Å². The van der Waals surface area contributed by atoms with Gasteiger partial charge in [0.25, 0.3) is 0 Å². The molecule has 9 heteroatoms. The zero-order chi connectivity index (χ0) is 26.2. The molecule has 9 nitrogen and oxygen atoms in total. The molecule has 1 saturated heterocycles. The number of ketones is 2. The van der Waals surface area contributed by atoms with Crippen LogP contribution in [0.4, 0.5) is 5.69 Å². The number of aryl methyl sites for hydroxylation is 1. The minimum absolute atomic E-state index is 0.0661. The summed E-state index contributed by atoms with van der Waals surface area (Å²) in [5, 5.41) is 3.48. The van der Waals surface area contributed by atoms with Crippen molar-refractivity contribution in [3.05, 3.63) is 75.2 Å². The van der Waals surface area contributed by atoms with Crippen LogP contribution in [-0.2, 0) is 11.2 Å². The molecule has 0 saturated carbocycles. The van der Waals surface area contributed by atoms with Crippen LogP contribution in [0.2, 0.25) is 0 Å². The van der Waals surface area contributed by atoms with Gasteiger partial charge in [0.05, 0.1) is 29.7 Å². The molecule has 2 aromatic heterocycles. The second-order valence-electron chi connectivity index (χ2n) is 9.49. The van der Waals surface area contributed by atoms with Crippen LogP contribution in [0.15, 0.2) is 41.6 Å². The maximum absolute atomic E-state index is 13.5. The number of aromatic nitrogens is 2. The van der Waals surface area contributed by atoms with Gasteiger partial charge in [0.15, 0.2) is 11.5 Å². The van der Waals surface area contributed by atoms with Gasteiger partial charge < -0.3 is 4.57 Å². The summed E-state index contributed by atoms with van der Waals surface area (Å²) in [4.78, 5) is 39.0. The monoisotopic (exact) mass is 497 g/mol. The third-order valence-corrected chi connectivity index (χ3v) is 6.90. The van der Waals surface area contributed by atoms with Gasteiger partial charge in [-0.2, -0.15) is 0 Å². The van der Waals surface area contributed by atoms with E-state index in [0.29, 0.717) is 55.5 Å². The Bertz CT molecular complexity index is 1370. The third kappa shape index (κ3) is 6.23. The van der Waals surface area contributed by atoms with E-state index in [2.05, 4.69) is 19.8 Å². The summed E-state index contributed by atoms with van der Waals surface area (Å²) in [6.07, 6.45) is 7.06. The van der Waals surface area contributed by atoms with Crippen molar-refractivity contribution in [1.29, 1.82) is 0 Å². The Labute approximate surface area is 216 Å². The SMILES string of the molecule is [C-]#[N+]c1ccc(-n2c(C)c(C(=O)CN3CCCCC3)c3ncc(CCC(=O)CCCN=[N+]=[N-])cc32)cc1. The van der Waals surface area contributed by atoms with Crippen molar-refractivity contribution in [2.24, 2.45) is 5.11 Å². The Morgan fingerprint density at radius 1 is 1.14 bits per heavy atom. The first-order valence-corrected chi connectivity index (χ1v) is 12.8. The molecule has 0 amide bonds. The summed E-state index contributed by atoms with van der Waals surface area (Å²) in [6, 6.07) is 9.34. The summed E-state index contributed by atoms with van der Waals surface area (Å²) in [5.41, 5.74) is 13.6. The van der Waals surface area contributed by atoms with Gasteiger partial charge in [0, 0.05) is 41.9 Å². The summed E-state index contributed by atoms with van der Waals surface area (Å²) >= 11 is 0. The molecule has 1 aliphatic rings. The number of hydrogen-bond acceptors (Lipinski definition) is 5. The lowest BCUT2D eigenvalue weighted by molar-refractivity contribution is -0.119. The lowest BCUT2D eigenvalue weighted by Gasteiger charge is -2.25. The molecule has 0 aliphatic carbocycles. The number of likely N-dealkylation sites (tertiary alicyclic amines) is 1. The molecule has 37 heavy (non-hydrogen) atoms. The van der Waals surface area contributed by atoms with Crippen molar-refractivity contribution in [2.45, 2.75) is 51.9 Å². The van der Waals surface area contributed by atoms with E-state index in [-0.39, 0.29) is 11.6 Å². The van der Waals surface area contributed by atoms with Crippen LogP contribution >= 0.6 is 0 Å². The molecule has 1 aliphatic heterocycles. The lowest BCUT2D eigenvalue weighted by atomic mass is 10.0. The first kappa shape index (κ1) is 26.1. The fourth-order valence-electron chi connectivity index (χ4n) is 5.00. The number of hydrogen-bond donors (Lipinski definition) is 0. The zero-order valence-electron chi connectivity index (χ0n) is 21.2. The van der Waals surface area contributed by atoms with Crippen LogP contribution in [0.1, 0.15) is 60.1 Å². The third-order valence-electron chi connectivity index (χ3n) is 6.90. The first-order chi connectivity index (χ1) is 18.0. The Balaban J connectivity index is 1.65. The number of nitrogens with zero attached hydrogens (tertiary/aromatic N) is 7. The number of rotatable bonds is 11. The van der Waals surface area contributed by atoms with Gasteiger partial charge in [-0.15, -0.1) is 0 Å². The highest BCUT2D eigenvalue weighted by Gasteiger charge is 2.24. The molecule has 1 aromatic carbocycles. The summed E-state index contributed by atoms with van der Waals surface area (Å²) in [5.74, 6) is 0.184. The fraction of sp³-hybridized carbons (Fsp3) is 0.429. The maximum Gasteiger partial charge on any atom is 0.187 e. The standard InChI is InChI=1S/C28H31N7O2/c1-20-27(26(37)19-34-15-4-3-5-16-34)28-25(35(20)23-11-9-22(30-2)10-12-23)17-21(18-31-28)8-13-24(36)7-6-14-32-33-29/h9-12,17-18H,3-8,13-16,19H2,1H3. The van der Waals surface area contributed by atoms with Crippen LogP contribution in [-0.4, -0.2) is 52.2 Å². The van der Waals surface area contributed by atoms with E-state index in [4.69, 9.17) is 17.1 Å². The number of benzene rings is 1. The Morgan fingerprint density at radius 2 is 1.89 bits per heavy atom. The molecule has 0 atom stereocenters. The van der Waals surface area contributed by atoms with Crippen LogP contribution in [0.5, 0.6) is 0 Å². The number of pyridine rings is 1. The predicted octanol–water partition coefficient (Wildman–Crippen LogP) is 6.15. The molecule has 3 heterocycles. The van der Waals surface area contributed by atoms with Gasteiger partial charge >= 0.3 is 0 Å². The highest BCUT2D eigenvalue weighted by molar-refractivity contribution is 6.09. The molecule has 1 fully saturated rings. The molecule has 190 valence electrons. The average molecular weight is 498 g/mol. The number of Topliss-reactive ketones (excluding diaryl/α,β-unsaturated/α-hetero) is 2. The van der Waals surface area contributed by atoms with Gasteiger partial charge in [-0.1, -0.05) is 23.7 Å². The van der Waals surface area contributed by atoms with Crippen molar-refractivity contribution < 1.29 is 9.59 Å². The Kier molecular flexibility index (Phi) is 8.68. The highest BCUT2D eigenvalue weighted by Crippen LogP contribution is 2.30. The molecular formula is C28H31N7O2. The molecule has 0 N–H and O–H groups in total. The number of piperidine rings is 1. The summed E-state index contributed by atoms with van der Waals surface area (Å²) in [7, 11) is 0. The van der Waals surface area contributed by atoms with E-state index in [1.54, 1.807) is 18.3 Å². The topological polar surface area (TPSA) is 108 Å². The molecule has 0 bridgehead atoms. The van der Waals surface area contributed by atoms with E-state index in [9.17, 15) is 9.59 Å². The largest absolute Gasteiger partial charge is 0.312 e. The number of azide groups is 1. The van der Waals surface area contributed by atoms with Crippen molar-refractivity contribution >= 4 is 28.3 Å². The number of carbonyl (C=O) groups excluding carboxylic acids is 2. The Morgan fingerprint density at radius 3 is 2.59 bits per heavy atom. The predicted molar refractivity (Wildman–Crippen MR) is 143 cm³/mol. The lowest BCUT2D eigenvalue weighted by Crippen LogP contribution is -2.34. The fourth-order valence-corrected chi connectivity index (χ4v) is 5.00. The smallest absolute Gasteiger partial charge is 0.187 e. The molecule has 3 aromatic rings. The Hall–Kier alpha value is -3.99. The maximum atomic E-state index is 13.5. The molecular weight excluding hydrogens is 466 g/mol. The van der Waals surface area contributed by atoms with Crippen LogP contribution in [0.25, 0.3) is 32.0 Å². The van der Waals surface area contributed by atoms with Gasteiger partial charge in [-0.05, 0) is 75.0 Å². The van der Waals surface area contributed by atoms with E-state index in [0.717, 1.165) is 48.4 Å². The number of fused-ring (bicyclic) bond motifs is 1. The summed E-state index contributed by atoms with van der Waals surface area (Å²) < 4.78 is 2.03. The van der Waals surface area contributed by atoms with E-state index < -0.39 is 0 Å². The first-order valence-electron chi connectivity index (χ1n) is 12.8. The zero-order valence-corrected chi connectivity index (χ0v) is 21.2. The van der Waals surface area contributed by atoms with Gasteiger partial charge in [-0.3, -0.25) is 19.5 Å². The molecule has 0 radical (unpaired) electrons. The van der Waals surface area contributed by atoms with Gasteiger partial charge in [0.2, 0.25) is 0 Å². The quantitative estimate of drug-likeness (QED) is 0.0791. The van der Waals surface area contributed by atoms with Gasteiger partial charge in [-0.25, -0.2) is 4.85 Å². The van der Waals surface area contributed by atoms with E-state index in [1.807, 2.05) is 29.7 Å².